The number of nitrogens with zero attached hydrogens (tertiary/aromatic N) is 2. The van der Waals surface area contributed by atoms with Gasteiger partial charge in [0.25, 0.3) is 0 Å². The molecule has 3 fully saturated rings. The van der Waals surface area contributed by atoms with Crippen molar-refractivity contribution in [2.45, 2.75) is 25.0 Å². The van der Waals surface area contributed by atoms with Gasteiger partial charge >= 0.3 is 11.9 Å². The number of ketones is 1. The zero-order valence-electron chi connectivity index (χ0n) is 24.4. The maximum Gasteiger partial charge on any atom is 0.338 e. The summed E-state index contributed by atoms with van der Waals surface area (Å²) in [4.78, 5) is 41.3. The highest BCUT2D eigenvalue weighted by molar-refractivity contribution is 5.98. The summed E-state index contributed by atoms with van der Waals surface area (Å²) in [6.45, 7) is 3.73. The molecular weight excluding hydrogens is 530 g/mol. The van der Waals surface area contributed by atoms with E-state index in [1.807, 2.05) is 79.7 Å². The van der Waals surface area contributed by atoms with Crippen molar-refractivity contribution in [3.8, 4) is 0 Å². The molecule has 0 aromatic heterocycles. The van der Waals surface area contributed by atoms with Crippen molar-refractivity contribution in [3.05, 3.63) is 102 Å². The van der Waals surface area contributed by atoms with Crippen LogP contribution in [0.5, 0.6) is 0 Å². The summed E-state index contributed by atoms with van der Waals surface area (Å²) in [6, 6.07) is 25.4. The Hall–Kier alpha value is -4.01. The molecule has 0 spiro atoms. The number of carbonyl (C=O) groups is 3. The van der Waals surface area contributed by atoms with Gasteiger partial charge in [-0.2, -0.15) is 0 Å². The van der Waals surface area contributed by atoms with E-state index in [-0.39, 0.29) is 17.9 Å². The number of quaternary nitrogens is 1. The Balaban J connectivity index is 1.22. The number of likely N-dealkylation sites (N-methyl/N-ethyl adjacent to an activating group) is 1. The number of esters is 2. The van der Waals surface area contributed by atoms with Crippen LogP contribution >= 0.6 is 0 Å². The zero-order valence-corrected chi connectivity index (χ0v) is 24.4. The molecule has 0 aliphatic carbocycles. The first kappa shape index (κ1) is 29.5. The van der Waals surface area contributed by atoms with Gasteiger partial charge < -0.3 is 24.2 Å². The molecule has 2 unspecified atom stereocenters. The molecule has 0 radical (unpaired) electrons. The Bertz CT molecular complexity index is 1350. The van der Waals surface area contributed by atoms with Gasteiger partial charge in [-0.05, 0) is 43.9 Å². The maximum atomic E-state index is 13.6. The Labute approximate surface area is 247 Å². The first-order valence-electron chi connectivity index (χ1n) is 14.7. The highest BCUT2D eigenvalue weighted by atomic mass is 16.5. The van der Waals surface area contributed by atoms with E-state index in [4.69, 9.17) is 9.47 Å². The molecule has 42 heavy (non-hydrogen) atoms. The lowest BCUT2D eigenvalue weighted by Crippen LogP contribution is -2.65. The molecule has 0 saturated carbocycles. The lowest BCUT2D eigenvalue weighted by molar-refractivity contribution is -0.938. The van der Waals surface area contributed by atoms with Gasteiger partial charge in [0.1, 0.15) is 19.7 Å². The van der Waals surface area contributed by atoms with E-state index in [0.717, 1.165) is 37.2 Å². The van der Waals surface area contributed by atoms with Crippen LogP contribution in [0.4, 0.5) is 5.69 Å². The molecule has 0 amide bonds. The smallest absolute Gasteiger partial charge is 0.338 e. The van der Waals surface area contributed by atoms with Crippen molar-refractivity contribution < 1.29 is 28.3 Å². The second kappa shape index (κ2) is 13.3. The van der Waals surface area contributed by atoms with Crippen LogP contribution in [0.1, 0.15) is 45.2 Å². The molecule has 3 aromatic carbocycles. The van der Waals surface area contributed by atoms with Crippen molar-refractivity contribution in [1.29, 1.82) is 0 Å². The van der Waals surface area contributed by atoms with Crippen LogP contribution in [0.15, 0.2) is 84.9 Å². The van der Waals surface area contributed by atoms with Crippen LogP contribution < -0.4 is 5.32 Å². The molecule has 6 rings (SSSR count). The van der Waals surface area contributed by atoms with Gasteiger partial charge in [0.2, 0.25) is 5.78 Å². The molecule has 220 valence electrons. The van der Waals surface area contributed by atoms with E-state index in [1.165, 1.54) is 0 Å². The molecular formula is C34H40N3O5+. The normalized spacial score (nSPS) is 21.9. The highest BCUT2D eigenvalue weighted by Gasteiger charge is 2.49. The summed E-state index contributed by atoms with van der Waals surface area (Å²) < 4.78 is 12.2. The first-order chi connectivity index (χ1) is 20.3. The van der Waals surface area contributed by atoms with Crippen LogP contribution in [0.2, 0.25) is 0 Å². The van der Waals surface area contributed by atoms with Gasteiger partial charge in [0.05, 0.1) is 18.7 Å². The SMILES string of the molecule is CN(C)CCOC(=O)c1ccc(C(=O)C[N+]23CCC(CC2)C(OC(=O)C(Nc2ccccc2)c2ccccc2)C3)cc1. The third-order valence-corrected chi connectivity index (χ3v) is 8.46. The number of ether oxygens (including phenoxy) is 2. The van der Waals surface area contributed by atoms with Gasteiger partial charge in [-0.3, -0.25) is 4.79 Å². The number of carbonyl (C=O) groups excluding carboxylic acids is 3. The number of para-hydroxylation sites is 1. The minimum Gasteiger partial charge on any atom is -0.461 e. The molecule has 3 aromatic rings. The molecule has 3 heterocycles. The molecule has 1 N–H and O–H groups in total. The summed E-state index contributed by atoms with van der Waals surface area (Å²) >= 11 is 0. The summed E-state index contributed by atoms with van der Waals surface area (Å²) in [6.07, 6.45) is 1.60. The van der Waals surface area contributed by atoms with Crippen molar-refractivity contribution in [2.75, 3.05) is 58.7 Å². The van der Waals surface area contributed by atoms with Gasteiger partial charge in [-0.15, -0.1) is 0 Å². The van der Waals surface area contributed by atoms with E-state index in [2.05, 4.69) is 5.32 Å². The number of rotatable bonds is 12. The molecule has 2 atom stereocenters. The molecule has 3 saturated heterocycles. The first-order valence-corrected chi connectivity index (χ1v) is 14.7. The number of piperidine rings is 3. The molecule has 2 bridgehead atoms. The van der Waals surface area contributed by atoms with Crippen LogP contribution in [0.3, 0.4) is 0 Å². The Morgan fingerprint density at radius 3 is 2.14 bits per heavy atom. The van der Waals surface area contributed by atoms with E-state index >= 15 is 0 Å². The molecule has 8 heteroatoms. The van der Waals surface area contributed by atoms with E-state index < -0.39 is 12.0 Å². The number of nitrogens with one attached hydrogen (secondary N) is 1. The van der Waals surface area contributed by atoms with Crippen molar-refractivity contribution in [2.24, 2.45) is 5.92 Å². The summed E-state index contributed by atoms with van der Waals surface area (Å²) in [5.41, 5.74) is 2.70. The predicted octanol–water partition coefficient (Wildman–Crippen LogP) is 4.59. The predicted molar refractivity (Wildman–Crippen MR) is 161 cm³/mol. The molecule has 3 aliphatic heterocycles. The van der Waals surface area contributed by atoms with Gasteiger partial charge in [0.15, 0.2) is 12.1 Å². The minimum absolute atomic E-state index is 0.0286. The lowest BCUT2D eigenvalue weighted by Gasteiger charge is -2.51. The van der Waals surface area contributed by atoms with E-state index in [9.17, 15) is 14.4 Å². The van der Waals surface area contributed by atoms with E-state index in [1.54, 1.807) is 24.3 Å². The largest absolute Gasteiger partial charge is 0.461 e. The monoisotopic (exact) mass is 570 g/mol. The number of fused-ring (bicyclic) bond motifs is 3. The van der Waals surface area contributed by atoms with Crippen LogP contribution in [0, 0.1) is 5.92 Å². The van der Waals surface area contributed by atoms with Crippen molar-refractivity contribution in [1.82, 2.24) is 4.90 Å². The molecule has 8 nitrogen and oxygen atoms in total. The van der Waals surface area contributed by atoms with Crippen LogP contribution in [-0.2, 0) is 14.3 Å². The topological polar surface area (TPSA) is 84.9 Å². The lowest BCUT2D eigenvalue weighted by atomic mass is 9.82. The zero-order chi connectivity index (χ0) is 29.5. The second-order valence-electron chi connectivity index (χ2n) is 11.7. The Kier molecular flexibility index (Phi) is 9.35. The van der Waals surface area contributed by atoms with Gasteiger partial charge in [-0.1, -0.05) is 60.7 Å². The Morgan fingerprint density at radius 2 is 1.50 bits per heavy atom. The third kappa shape index (κ3) is 7.24. The van der Waals surface area contributed by atoms with Crippen molar-refractivity contribution >= 4 is 23.4 Å². The fourth-order valence-corrected chi connectivity index (χ4v) is 6.01. The third-order valence-electron chi connectivity index (χ3n) is 8.46. The minimum atomic E-state index is -0.632. The second-order valence-corrected chi connectivity index (χ2v) is 11.7. The average molecular weight is 571 g/mol. The summed E-state index contributed by atoms with van der Waals surface area (Å²) in [5, 5.41) is 3.35. The van der Waals surface area contributed by atoms with Crippen LogP contribution in [-0.4, -0.2) is 86.6 Å². The standard InChI is InChI=1S/C34H40N3O5/c1-36(2)19-22-41-33(39)28-15-13-25(14-16-28)30(38)23-37-20-17-26(18-21-37)31(24-37)42-34(40)32(27-9-5-3-6-10-27)35-29-11-7-4-8-12-29/h3-16,26,31-32,35H,17-24H2,1-2H3/q+1. The fraction of sp³-hybridized carbons (Fsp3) is 0.382. The Morgan fingerprint density at radius 1 is 0.881 bits per heavy atom. The quantitative estimate of drug-likeness (QED) is 0.194. The number of hydrogen-bond donors (Lipinski definition) is 1. The molecule has 3 aliphatic rings. The summed E-state index contributed by atoms with van der Waals surface area (Å²) in [5.74, 6) is -0.367. The number of anilines is 1. The number of Topliss-reactive ketones (excluding diaryl/α,β-unsaturated/α-hetero) is 1. The highest BCUT2D eigenvalue weighted by Crippen LogP contribution is 2.37. The van der Waals surface area contributed by atoms with Crippen LogP contribution in [0.25, 0.3) is 0 Å². The maximum absolute atomic E-state index is 13.6. The number of benzene rings is 3. The van der Waals surface area contributed by atoms with Gasteiger partial charge in [0, 0.05) is 36.6 Å². The van der Waals surface area contributed by atoms with Crippen molar-refractivity contribution in [3.63, 3.8) is 0 Å². The van der Waals surface area contributed by atoms with E-state index in [0.29, 0.717) is 47.8 Å². The summed E-state index contributed by atoms with van der Waals surface area (Å²) in [7, 11) is 3.84. The number of hydrogen-bond acceptors (Lipinski definition) is 7. The van der Waals surface area contributed by atoms with Gasteiger partial charge in [-0.25, -0.2) is 9.59 Å². The average Bonchev–Trinajstić information content (AvgIpc) is 3.01. The fourth-order valence-electron chi connectivity index (χ4n) is 6.01.